The van der Waals surface area contributed by atoms with Crippen LogP contribution in [0, 0.1) is 6.92 Å². The van der Waals surface area contributed by atoms with Gasteiger partial charge < -0.3 is 4.90 Å². The predicted molar refractivity (Wildman–Crippen MR) is 90.0 cm³/mol. The molecule has 1 amide bonds. The van der Waals surface area contributed by atoms with Crippen LogP contribution < -0.4 is 0 Å². The SMILES string of the molecule is Cc1ccccc1[C@@H]1CCCN1C(=O)CN1CCS(=O)(=O)CC1. The van der Waals surface area contributed by atoms with Crippen LogP contribution in [0.1, 0.15) is 30.0 Å². The summed E-state index contributed by atoms with van der Waals surface area (Å²) in [5.41, 5.74) is 2.46. The Morgan fingerprint density at radius 3 is 2.57 bits per heavy atom. The molecule has 2 saturated heterocycles. The van der Waals surface area contributed by atoms with Crippen LogP contribution in [0.4, 0.5) is 0 Å². The second-order valence-electron chi connectivity index (χ2n) is 6.53. The second-order valence-corrected chi connectivity index (χ2v) is 8.83. The first-order valence-corrected chi connectivity index (χ1v) is 10.1. The van der Waals surface area contributed by atoms with Crippen molar-refractivity contribution in [2.45, 2.75) is 25.8 Å². The standard InChI is InChI=1S/C17H24N2O3S/c1-14-5-2-3-6-15(14)16-7-4-8-19(16)17(20)13-18-9-11-23(21,22)12-10-18/h2-3,5-6,16H,4,7-13H2,1H3/t16-/m0/s1. The lowest BCUT2D eigenvalue weighted by Crippen LogP contribution is -2.46. The Bertz CT molecular complexity index is 673. The lowest BCUT2D eigenvalue weighted by atomic mass is 9.99. The van der Waals surface area contributed by atoms with Crippen molar-refractivity contribution in [3.05, 3.63) is 35.4 Å². The summed E-state index contributed by atoms with van der Waals surface area (Å²) in [4.78, 5) is 16.7. The largest absolute Gasteiger partial charge is 0.335 e. The Morgan fingerprint density at radius 1 is 1.17 bits per heavy atom. The van der Waals surface area contributed by atoms with E-state index in [0.717, 1.165) is 19.4 Å². The van der Waals surface area contributed by atoms with E-state index < -0.39 is 9.84 Å². The van der Waals surface area contributed by atoms with E-state index in [1.807, 2.05) is 21.9 Å². The highest BCUT2D eigenvalue weighted by atomic mass is 32.2. The Labute approximate surface area is 138 Å². The van der Waals surface area contributed by atoms with Gasteiger partial charge in [-0.2, -0.15) is 0 Å². The molecule has 0 bridgehead atoms. The van der Waals surface area contributed by atoms with Crippen molar-refractivity contribution in [2.75, 3.05) is 37.7 Å². The monoisotopic (exact) mass is 336 g/mol. The molecule has 2 fully saturated rings. The summed E-state index contributed by atoms with van der Waals surface area (Å²) >= 11 is 0. The van der Waals surface area contributed by atoms with Crippen LogP contribution in [-0.4, -0.2) is 61.8 Å². The minimum absolute atomic E-state index is 0.120. The van der Waals surface area contributed by atoms with Gasteiger partial charge in [0.25, 0.3) is 0 Å². The van der Waals surface area contributed by atoms with E-state index in [0.29, 0.717) is 19.6 Å². The van der Waals surface area contributed by atoms with E-state index in [1.54, 1.807) is 0 Å². The van der Waals surface area contributed by atoms with Crippen molar-refractivity contribution in [1.29, 1.82) is 0 Å². The molecular weight excluding hydrogens is 312 g/mol. The molecule has 0 aliphatic carbocycles. The molecule has 5 nitrogen and oxygen atoms in total. The van der Waals surface area contributed by atoms with E-state index in [4.69, 9.17) is 0 Å². The highest BCUT2D eigenvalue weighted by Gasteiger charge is 2.32. The summed E-state index contributed by atoms with van der Waals surface area (Å²) in [5, 5.41) is 0. The first-order valence-electron chi connectivity index (χ1n) is 8.24. The van der Waals surface area contributed by atoms with Crippen LogP contribution >= 0.6 is 0 Å². The number of likely N-dealkylation sites (tertiary alicyclic amines) is 1. The average molecular weight is 336 g/mol. The van der Waals surface area contributed by atoms with Gasteiger partial charge in [-0.15, -0.1) is 0 Å². The van der Waals surface area contributed by atoms with Gasteiger partial charge in [-0.1, -0.05) is 24.3 Å². The Morgan fingerprint density at radius 2 is 1.87 bits per heavy atom. The number of sulfone groups is 1. The normalized spacial score (nSPS) is 24.7. The van der Waals surface area contributed by atoms with Crippen LogP contribution in [0.5, 0.6) is 0 Å². The average Bonchev–Trinajstić information content (AvgIpc) is 2.99. The Balaban J connectivity index is 1.66. The highest BCUT2D eigenvalue weighted by molar-refractivity contribution is 7.91. The molecule has 2 aliphatic rings. The van der Waals surface area contributed by atoms with E-state index in [1.165, 1.54) is 11.1 Å². The van der Waals surface area contributed by atoms with Crippen LogP contribution in [0.25, 0.3) is 0 Å². The van der Waals surface area contributed by atoms with Gasteiger partial charge in [-0.3, -0.25) is 9.69 Å². The third kappa shape index (κ3) is 3.75. The van der Waals surface area contributed by atoms with Crippen molar-refractivity contribution in [2.24, 2.45) is 0 Å². The number of benzene rings is 1. The summed E-state index contributed by atoms with van der Waals surface area (Å²) in [5.74, 6) is 0.457. The number of amides is 1. The Hall–Kier alpha value is -1.40. The predicted octanol–water partition coefficient (Wildman–Crippen LogP) is 1.39. The lowest BCUT2D eigenvalue weighted by Gasteiger charge is -2.31. The first kappa shape index (κ1) is 16.5. The number of rotatable bonds is 3. The van der Waals surface area contributed by atoms with Gasteiger partial charge in [0.2, 0.25) is 5.91 Å². The van der Waals surface area contributed by atoms with Crippen LogP contribution in [0.3, 0.4) is 0 Å². The fourth-order valence-electron chi connectivity index (χ4n) is 3.54. The molecule has 1 atom stereocenters. The lowest BCUT2D eigenvalue weighted by molar-refractivity contribution is -0.133. The van der Waals surface area contributed by atoms with Crippen LogP contribution in [-0.2, 0) is 14.6 Å². The minimum atomic E-state index is -2.90. The van der Waals surface area contributed by atoms with Crippen molar-refractivity contribution in [3.8, 4) is 0 Å². The molecule has 23 heavy (non-hydrogen) atoms. The van der Waals surface area contributed by atoms with Gasteiger partial charge in [-0.25, -0.2) is 8.42 Å². The number of aryl methyl sites for hydroxylation is 1. The van der Waals surface area contributed by atoms with Crippen LogP contribution in [0.15, 0.2) is 24.3 Å². The molecule has 0 radical (unpaired) electrons. The van der Waals surface area contributed by atoms with Gasteiger partial charge in [0.15, 0.2) is 9.84 Å². The van der Waals surface area contributed by atoms with Gasteiger partial charge in [-0.05, 0) is 30.9 Å². The number of hydrogen-bond donors (Lipinski definition) is 0. The second kappa shape index (κ2) is 6.61. The maximum atomic E-state index is 12.7. The molecular formula is C17H24N2O3S. The molecule has 0 spiro atoms. The Kier molecular flexibility index (Phi) is 4.73. The molecule has 6 heteroatoms. The van der Waals surface area contributed by atoms with Gasteiger partial charge >= 0.3 is 0 Å². The smallest absolute Gasteiger partial charge is 0.237 e. The third-order valence-corrected chi connectivity index (χ3v) is 6.53. The fraction of sp³-hybridized carbons (Fsp3) is 0.588. The van der Waals surface area contributed by atoms with Crippen LogP contribution in [0.2, 0.25) is 0 Å². The molecule has 0 saturated carbocycles. The first-order chi connectivity index (χ1) is 11.0. The molecule has 3 rings (SSSR count). The zero-order valence-electron chi connectivity index (χ0n) is 13.6. The molecule has 126 valence electrons. The molecule has 1 aromatic carbocycles. The molecule has 0 aromatic heterocycles. The fourth-order valence-corrected chi connectivity index (χ4v) is 4.82. The summed E-state index contributed by atoms with van der Waals surface area (Å²) in [6, 6.07) is 8.41. The van der Waals surface area contributed by atoms with Crippen molar-refractivity contribution >= 4 is 15.7 Å². The molecule has 0 N–H and O–H groups in total. The molecule has 0 unspecified atom stereocenters. The van der Waals surface area contributed by atoms with E-state index >= 15 is 0 Å². The van der Waals surface area contributed by atoms with Crippen molar-refractivity contribution in [3.63, 3.8) is 0 Å². The number of nitrogens with zero attached hydrogens (tertiary/aromatic N) is 2. The van der Waals surface area contributed by atoms with Crippen molar-refractivity contribution < 1.29 is 13.2 Å². The van der Waals surface area contributed by atoms with E-state index in [-0.39, 0.29) is 23.5 Å². The summed E-state index contributed by atoms with van der Waals surface area (Å²) in [6.45, 7) is 4.15. The van der Waals surface area contributed by atoms with Gasteiger partial charge in [0.1, 0.15) is 0 Å². The number of carbonyl (C=O) groups is 1. The molecule has 2 heterocycles. The summed E-state index contributed by atoms with van der Waals surface area (Å²) in [7, 11) is -2.90. The summed E-state index contributed by atoms with van der Waals surface area (Å²) < 4.78 is 23.0. The molecule has 2 aliphatic heterocycles. The third-order valence-electron chi connectivity index (χ3n) is 4.92. The topological polar surface area (TPSA) is 57.7 Å². The minimum Gasteiger partial charge on any atom is -0.335 e. The van der Waals surface area contributed by atoms with Gasteiger partial charge in [0, 0.05) is 19.6 Å². The van der Waals surface area contributed by atoms with Crippen molar-refractivity contribution in [1.82, 2.24) is 9.80 Å². The van der Waals surface area contributed by atoms with Gasteiger partial charge in [0.05, 0.1) is 24.1 Å². The van der Waals surface area contributed by atoms with E-state index in [2.05, 4.69) is 19.1 Å². The zero-order chi connectivity index (χ0) is 16.4. The quantitative estimate of drug-likeness (QED) is 0.837. The molecule has 1 aromatic rings. The zero-order valence-corrected chi connectivity index (χ0v) is 14.4. The van der Waals surface area contributed by atoms with E-state index in [9.17, 15) is 13.2 Å². The number of carbonyl (C=O) groups excluding carboxylic acids is 1. The highest BCUT2D eigenvalue weighted by Crippen LogP contribution is 2.33. The number of hydrogen-bond acceptors (Lipinski definition) is 4. The maximum absolute atomic E-state index is 12.7. The maximum Gasteiger partial charge on any atom is 0.237 e. The summed E-state index contributed by atoms with van der Waals surface area (Å²) in [6.07, 6.45) is 2.03.